The van der Waals surface area contributed by atoms with E-state index in [-0.39, 0.29) is 11.8 Å². The number of thiazole rings is 1. The standard InChI is InChI=1S/C19H27N3O3S/c23-18(22-9-3-5-13-4-1-2-6-16(13)22)15-12-26-17(20-15)14-7-10-21(11-8-14)19(24)25/h12-14,16H,1-11H2,(H,24,25). The molecular weight excluding hydrogens is 350 g/mol. The highest BCUT2D eigenvalue weighted by Crippen LogP contribution is 2.36. The second kappa shape index (κ2) is 7.55. The Hall–Kier alpha value is -1.63. The molecule has 2 saturated heterocycles. The molecule has 3 aliphatic rings. The number of fused-ring (bicyclic) bond motifs is 1. The maximum Gasteiger partial charge on any atom is 0.407 e. The molecule has 6 nitrogen and oxygen atoms in total. The fraction of sp³-hybridized carbons (Fsp3) is 0.737. The Morgan fingerprint density at radius 3 is 2.54 bits per heavy atom. The number of nitrogens with zero attached hydrogens (tertiary/aromatic N) is 3. The number of hydrogen-bond donors (Lipinski definition) is 1. The average Bonchev–Trinajstić information content (AvgIpc) is 3.17. The lowest BCUT2D eigenvalue weighted by atomic mass is 9.78. The van der Waals surface area contributed by atoms with Gasteiger partial charge in [0, 0.05) is 37.0 Å². The fourth-order valence-electron chi connectivity index (χ4n) is 4.92. The number of rotatable bonds is 2. The first-order valence-electron chi connectivity index (χ1n) is 9.87. The minimum atomic E-state index is -0.842. The summed E-state index contributed by atoms with van der Waals surface area (Å²) in [4.78, 5) is 32.4. The third-order valence-corrected chi connectivity index (χ3v) is 7.37. The Morgan fingerprint density at radius 2 is 1.77 bits per heavy atom. The number of likely N-dealkylation sites (tertiary alicyclic amines) is 2. The van der Waals surface area contributed by atoms with E-state index in [1.165, 1.54) is 30.6 Å². The summed E-state index contributed by atoms with van der Waals surface area (Å²) < 4.78 is 0. The normalized spacial score (nSPS) is 27.2. The van der Waals surface area contributed by atoms with Gasteiger partial charge in [0.2, 0.25) is 0 Å². The van der Waals surface area contributed by atoms with Crippen LogP contribution in [0.4, 0.5) is 4.79 Å². The molecule has 1 aliphatic carbocycles. The van der Waals surface area contributed by atoms with Crippen molar-refractivity contribution in [2.75, 3.05) is 19.6 Å². The van der Waals surface area contributed by atoms with Crippen molar-refractivity contribution in [1.29, 1.82) is 0 Å². The lowest BCUT2D eigenvalue weighted by molar-refractivity contribution is 0.0386. The third kappa shape index (κ3) is 3.46. The van der Waals surface area contributed by atoms with Crippen LogP contribution in [0.5, 0.6) is 0 Å². The summed E-state index contributed by atoms with van der Waals surface area (Å²) in [5.41, 5.74) is 0.594. The van der Waals surface area contributed by atoms with Crippen LogP contribution in [0.1, 0.15) is 72.8 Å². The van der Waals surface area contributed by atoms with Crippen molar-refractivity contribution in [3.63, 3.8) is 0 Å². The molecule has 2 atom stereocenters. The summed E-state index contributed by atoms with van der Waals surface area (Å²) in [5.74, 6) is 1.06. The number of carboxylic acid groups (broad SMARTS) is 1. The van der Waals surface area contributed by atoms with Gasteiger partial charge in [-0.25, -0.2) is 9.78 Å². The quantitative estimate of drug-likeness (QED) is 0.851. The molecule has 0 aromatic carbocycles. The Morgan fingerprint density at radius 1 is 1.04 bits per heavy atom. The summed E-state index contributed by atoms with van der Waals surface area (Å²) in [6.45, 7) is 1.97. The van der Waals surface area contributed by atoms with Crippen molar-refractivity contribution in [1.82, 2.24) is 14.8 Å². The van der Waals surface area contributed by atoms with Gasteiger partial charge in [-0.2, -0.15) is 0 Å². The van der Waals surface area contributed by atoms with Crippen molar-refractivity contribution in [2.24, 2.45) is 5.92 Å². The van der Waals surface area contributed by atoms with Crippen LogP contribution in [0.15, 0.2) is 5.38 Å². The summed E-state index contributed by atoms with van der Waals surface area (Å²) in [6, 6.07) is 0.411. The SMILES string of the molecule is O=C(O)N1CCC(c2nc(C(=O)N3CCCC4CCCCC43)cs2)CC1. The topological polar surface area (TPSA) is 73.7 Å². The molecular formula is C19H27N3O3S. The van der Waals surface area contributed by atoms with E-state index in [1.54, 1.807) is 11.3 Å². The van der Waals surface area contributed by atoms with E-state index in [4.69, 9.17) is 5.11 Å². The van der Waals surface area contributed by atoms with Gasteiger partial charge in [0.15, 0.2) is 0 Å². The van der Waals surface area contributed by atoms with Gasteiger partial charge in [0.25, 0.3) is 5.91 Å². The van der Waals surface area contributed by atoms with Crippen molar-refractivity contribution in [3.8, 4) is 0 Å². The molecule has 2 amide bonds. The van der Waals surface area contributed by atoms with E-state index in [2.05, 4.69) is 9.88 Å². The van der Waals surface area contributed by atoms with Gasteiger partial charge >= 0.3 is 6.09 Å². The van der Waals surface area contributed by atoms with Gasteiger partial charge in [0.05, 0.1) is 5.01 Å². The number of hydrogen-bond acceptors (Lipinski definition) is 4. The summed E-state index contributed by atoms with van der Waals surface area (Å²) in [5, 5.41) is 12.0. The average molecular weight is 378 g/mol. The summed E-state index contributed by atoms with van der Waals surface area (Å²) in [7, 11) is 0. The maximum absolute atomic E-state index is 13.1. The molecule has 0 spiro atoms. The largest absolute Gasteiger partial charge is 0.465 e. The Labute approximate surface area is 158 Å². The molecule has 26 heavy (non-hydrogen) atoms. The molecule has 142 valence electrons. The second-order valence-corrected chi connectivity index (χ2v) is 8.76. The minimum Gasteiger partial charge on any atom is -0.465 e. The van der Waals surface area contributed by atoms with E-state index in [1.807, 2.05) is 5.38 Å². The van der Waals surface area contributed by atoms with Gasteiger partial charge < -0.3 is 14.9 Å². The molecule has 0 bridgehead atoms. The first-order valence-corrected chi connectivity index (χ1v) is 10.8. The minimum absolute atomic E-state index is 0.104. The number of carbonyl (C=O) groups excluding carboxylic acids is 1. The molecule has 1 N–H and O–H groups in total. The van der Waals surface area contributed by atoms with E-state index < -0.39 is 6.09 Å². The predicted octanol–water partition coefficient (Wildman–Crippen LogP) is 3.80. The van der Waals surface area contributed by atoms with E-state index in [0.29, 0.717) is 30.7 Å². The predicted molar refractivity (Wildman–Crippen MR) is 99.7 cm³/mol. The van der Waals surface area contributed by atoms with Crippen LogP contribution in [0.3, 0.4) is 0 Å². The lowest BCUT2D eigenvalue weighted by Gasteiger charge is -2.43. The molecule has 4 rings (SSSR count). The van der Waals surface area contributed by atoms with Crippen LogP contribution in [0, 0.1) is 5.92 Å². The van der Waals surface area contributed by atoms with Gasteiger partial charge in [-0.3, -0.25) is 4.79 Å². The van der Waals surface area contributed by atoms with Gasteiger partial charge in [-0.15, -0.1) is 11.3 Å². The highest BCUT2D eigenvalue weighted by molar-refractivity contribution is 7.09. The third-order valence-electron chi connectivity index (χ3n) is 6.36. The van der Waals surface area contributed by atoms with E-state index >= 15 is 0 Å². The zero-order valence-corrected chi connectivity index (χ0v) is 15.9. The maximum atomic E-state index is 13.1. The van der Waals surface area contributed by atoms with Gasteiger partial charge in [-0.05, 0) is 44.4 Å². The number of amides is 2. The monoisotopic (exact) mass is 377 g/mol. The van der Waals surface area contributed by atoms with Crippen LogP contribution in [-0.4, -0.2) is 57.6 Å². The van der Waals surface area contributed by atoms with Crippen molar-refractivity contribution >= 4 is 23.3 Å². The lowest BCUT2D eigenvalue weighted by Crippen LogP contribution is -2.49. The first kappa shape index (κ1) is 17.8. The van der Waals surface area contributed by atoms with E-state index in [0.717, 1.165) is 37.2 Å². The van der Waals surface area contributed by atoms with Crippen LogP contribution >= 0.6 is 11.3 Å². The zero-order chi connectivity index (χ0) is 18.1. The molecule has 2 unspecified atom stereocenters. The summed E-state index contributed by atoms with van der Waals surface area (Å²) in [6.07, 6.45) is 8.06. The molecule has 7 heteroatoms. The Bertz CT molecular complexity index is 667. The van der Waals surface area contributed by atoms with Gasteiger partial charge in [0.1, 0.15) is 5.69 Å². The fourth-order valence-corrected chi connectivity index (χ4v) is 5.88. The molecule has 0 radical (unpaired) electrons. The Balaban J connectivity index is 1.42. The molecule has 1 saturated carbocycles. The zero-order valence-electron chi connectivity index (χ0n) is 15.1. The van der Waals surface area contributed by atoms with Gasteiger partial charge in [-0.1, -0.05) is 12.8 Å². The highest BCUT2D eigenvalue weighted by atomic mass is 32.1. The molecule has 3 heterocycles. The van der Waals surface area contributed by atoms with Crippen LogP contribution in [-0.2, 0) is 0 Å². The van der Waals surface area contributed by atoms with Crippen molar-refractivity contribution in [3.05, 3.63) is 16.1 Å². The van der Waals surface area contributed by atoms with Crippen LogP contribution in [0.2, 0.25) is 0 Å². The summed E-state index contributed by atoms with van der Waals surface area (Å²) >= 11 is 1.56. The van der Waals surface area contributed by atoms with Crippen molar-refractivity contribution in [2.45, 2.75) is 63.3 Å². The van der Waals surface area contributed by atoms with Crippen molar-refractivity contribution < 1.29 is 14.7 Å². The van der Waals surface area contributed by atoms with Crippen LogP contribution in [0.25, 0.3) is 0 Å². The number of piperidine rings is 2. The molecule has 3 fully saturated rings. The molecule has 1 aromatic rings. The molecule has 1 aromatic heterocycles. The molecule has 2 aliphatic heterocycles. The van der Waals surface area contributed by atoms with E-state index in [9.17, 15) is 9.59 Å². The Kier molecular flexibility index (Phi) is 5.16. The number of aromatic nitrogens is 1. The first-order chi connectivity index (χ1) is 12.6. The smallest absolute Gasteiger partial charge is 0.407 e. The highest BCUT2D eigenvalue weighted by Gasteiger charge is 2.37. The second-order valence-electron chi connectivity index (χ2n) is 7.87. The van der Waals surface area contributed by atoms with Crippen LogP contribution < -0.4 is 0 Å². The number of carbonyl (C=O) groups is 2.